The second-order valence-electron chi connectivity index (χ2n) is 5.33. The third kappa shape index (κ3) is 3.00. The Morgan fingerprint density at radius 3 is 2.57 bits per heavy atom. The Bertz CT molecular complexity index is 882. The molecule has 0 aromatic carbocycles. The molecule has 0 unspecified atom stereocenters. The van der Waals surface area contributed by atoms with Gasteiger partial charge >= 0.3 is 0 Å². The minimum Gasteiger partial charge on any atom is -0.339 e. The Morgan fingerprint density at radius 2 is 1.96 bits per heavy atom. The van der Waals surface area contributed by atoms with Crippen LogP contribution in [0.25, 0.3) is 11.4 Å². The highest BCUT2D eigenvalue weighted by Crippen LogP contribution is 2.29. The second kappa shape index (κ2) is 5.92. The van der Waals surface area contributed by atoms with Crippen LogP contribution in [0.15, 0.2) is 22.0 Å². The summed E-state index contributed by atoms with van der Waals surface area (Å²) in [5.74, 6) is 1.15. The maximum absolute atomic E-state index is 12.5. The van der Waals surface area contributed by atoms with Crippen LogP contribution in [0.2, 0.25) is 0 Å². The van der Waals surface area contributed by atoms with Crippen LogP contribution in [0.1, 0.15) is 32.4 Å². The number of thiophene rings is 1. The third-order valence-electron chi connectivity index (χ3n) is 3.40. The van der Waals surface area contributed by atoms with E-state index in [1.807, 2.05) is 38.3 Å². The quantitative estimate of drug-likeness (QED) is 0.793. The summed E-state index contributed by atoms with van der Waals surface area (Å²) in [5, 5.41) is 8.72. The van der Waals surface area contributed by atoms with Crippen molar-refractivity contribution in [1.82, 2.24) is 15.1 Å². The Morgan fingerprint density at radius 1 is 1.17 bits per heavy atom. The minimum atomic E-state index is -0.184. The van der Waals surface area contributed by atoms with Gasteiger partial charge in [-0.15, -0.1) is 11.3 Å². The first-order valence-electron chi connectivity index (χ1n) is 7.10. The highest BCUT2D eigenvalue weighted by Gasteiger charge is 2.19. The number of amides is 1. The summed E-state index contributed by atoms with van der Waals surface area (Å²) >= 11 is 1.40. The van der Waals surface area contributed by atoms with E-state index in [1.165, 1.54) is 11.3 Å². The minimum absolute atomic E-state index is 0.184. The van der Waals surface area contributed by atoms with Gasteiger partial charge in [0.05, 0.1) is 10.4 Å². The van der Waals surface area contributed by atoms with Gasteiger partial charge in [-0.25, -0.2) is 4.98 Å². The monoisotopic (exact) mass is 328 g/mol. The van der Waals surface area contributed by atoms with Crippen molar-refractivity contribution in [3.8, 4) is 11.4 Å². The van der Waals surface area contributed by atoms with Crippen molar-refractivity contribution in [3.05, 3.63) is 45.1 Å². The van der Waals surface area contributed by atoms with Crippen molar-refractivity contribution in [1.29, 1.82) is 0 Å². The molecule has 0 radical (unpaired) electrons. The van der Waals surface area contributed by atoms with Crippen molar-refractivity contribution in [2.24, 2.45) is 0 Å². The van der Waals surface area contributed by atoms with Crippen LogP contribution in [-0.4, -0.2) is 21.0 Å². The lowest BCUT2D eigenvalue weighted by molar-refractivity contribution is 0.102. The van der Waals surface area contributed by atoms with Crippen LogP contribution in [-0.2, 0) is 0 Å². The van der Waals surface area contributed by atoms with E-state index in [4.69, 9.17) is 4.52 Å². The van der Waals surface area contributed by atoms with Crippen molar-refractivity contribution < 1.29 is 9.32 Å². The number of carbonyl (C=O) groups excluding carboxylic acids is 1. The second-order valence-corrected chi connectivity index (χ2v) is 6.24. The van der Waals surface area contributed by atoms with Crippen LogP contribution in [0, 0.1) is 27.7 Å². The van der Waals surface area contributed by atoms with E-state index in [-0.39, 0.29) is 5.91 Å². The molecule has 0 saturated carbocycles. The summed E-state index contributed by atoms with van der Waals surface area (Å²) in [6.45, 7) is 7.44. The Hall–Kier alpha value is -2.54. The van der Waals surface area contributed by atoms with Crippen molar-refractivity contribution in [3.63, 3.8) is 0 Å². The van der Waals surface area contributed by atoms with Gasteiger partial charge in [0.2, 0.25) is 11.7 Å². The number of carbonyl (C=O) groups is 1. The maximum Gasteiger partial charge on any atom is 0.267 e. The number of hydrogen-bond acceptors (Lipinski definition) is 6. The van der Waals surface area contributed by atoms with Crippen LogP contribution >= 0.6 is 11.3 Å². The summed E-state index contributed by atoms with van der Waals surface area (Å²) in [7, 11) is 0. The number of rotatable bonds is 3. The van der Waals surface area contributed by atoms with E-state index in [1.54, 1.807) is 6.92 Å². The molecule has 3 aromatic heterocycles. The molecule has 0 aliphatic carbocycles. The molecule has 0 atom stereocenters. The highest BCUT2D eigenvalue weighted by atomic mass is 32.1. The van der Waals surface area contributed by atoms with Crippen LogP contribution in [0.4, 0.5) is 5.82 Å². The first-order chi connectivity index (χ1) is 11.0. The van der Waals surface area contributed by atoms with Gasteiger partial charge in [0.25, 0.3) is 5.91 Å². The standard InChI is InChI=1S/C16H16N4O2S/c1-8-5-6-23-13(8)16(21)19-14-12(9(2)7-10(3)17-14)15-18-11(4)22-20-15/h5-7H,1-4H3,(H,17,19,21). The number of nitrogens with zero attached hydrogens (tertiary/aromatic N) is 3. The molecule has 3 rings (SSSR count). The molecule has 0 bridgehead atoms. The van der Waals surface area contributed by atoms with Crippen LogP contribution in [0.3, 0.4) is 0 Å². The van der Waals surface area contributed by atoms with Crippen LogP contribution in [0.5, 0.6) is 0 Å². The molecule has 118 valence electrons. The Balaban J connectivity index is 2.05. The predicted molar refractivity (Wildman–Crippen MR) is 88.7 cm³/mol. The number of hydrogen-bond donors (Lipinski definition) is 1. The lowest BCUT2D eigenvalue weighted by Gasteiger charge is -2.11. The number of anilines is 1. The fourth-order valence-corrected chi connectivity index (χ4v) is 3.20. The average Bonchev–Trinajstić information content (AvgIpc) is 3.07. The van der Waals surface area contributed by atoms with Crippen molar-refractivity contribution in [2.45, 2.75) is 27.7 Å². The molecule has 0 saturated heterocycles. The van der Waals surface area contributed by atoms with Crippen molar-refractivity contribution in [2.75, 3.05) is 5.32 Å². The highest BCUT2D eigenvalue weighted by molar-refractivity contribution is 7.12. The van der Waals surface area contributed by atoms with E-state index in [0.29, 0.717) is 28.0 Å². The van der Waals surface area contributed by atoms with Gasteiger partial charge < -0.3 is 9.84 Å². The molecule has 0 aliphatic heterocycles. The molecule has 6 nitrogen and oxygen atoms in total. The van der Waals surface area contributed by atoms with Gasteiger partial charge in [-0.05, 0) is 49.4 Å². The number of pyridine rings is 1. The molecule has 0 aliphatic rings. The molecular weight excluding hydrogens is 312 g/mol. The number of aryl methyl sites for hydroxylation is 4. The first-order valence-corrected chi connectivity index (χ1v) is 7.98. The van der Waals surface area contributed by atoms with E-state index in [9.17, 15) is 4.79 Å². The fourth-order valence-electron chi connectivity index (χ4n) is 2.38. The zero-order valence-corrected chi connectivity index (χ0v) is 14.1. The lowest BCUT2D eigenvalue weighted by atomic mass is 10.1. The third-order valence-corrected chi connectivity index (χ3v) is 4.41. The molecule has 0 fully saturated rings. The molecule has 3 heterocycles. The van der Waals surface area contributed by atoms with E-state index >= 15 is 0 Å². The van der Waals surface area contributed by atoms with Gasteiger partial charge in [-0.3, -0.25) is 4.79 Å². The lowest BCUT2D eigenvalue weighted by Crippen LogP contribution is -2.14. The Labute approximate surface area is 137 Å². The Kier molecular flexibility index (Phi) is 3.96. The summed E-state index contributed by atoms with van der Waals surface area (Å²) in [6.07, 6.45) is 0. The zero-order valence-electron chi connectivity index (χ0n) is 13.3. The zero-order chi connectivity index (χ0) is 16.6. The smallest absolute Gasteiger partial charge is 0.267 e. The molecular formula is C16H16N4O2S. The average molecular weight is 328 g/mol. The molecule has 1 amide bonds. The van der Waals surface area contributed by atoms with Gasteiger partial charge in [-0.2, -0.15) is 4.98 Å². The normalized spacial score (nSPS) is 10.8. The first kappa shape index (κ1) is 15.4. The molecule has 7 heteroatoms. The maximum atomic E-state index is 12.5. The van der Waals surface area contributed by atoms with Gasteiger partial charge in [0.1, 0.15) is 5.82 Å². The number of nitrogens with one attached hydrogen (secondary N) is 1. The van der Waals surface area contributed by atoms with E-state index in [2.05, 4.69) is 20.4 Å². The van der Waals surface area contributed by atoms with E-state index < -0.39 is 0 Å². The van der Waals surface area contributed by atoms with Gasteiger partial charge in [-0.1, -0.05) is 5.16 Å². The topological polar surface area (TPSA) is 80.9 Å². The molecule has 3 aromatic rings. The van der Waals surface area contributed by atoms with Gasteiger partial charge in [0, 0.05) is 12.6 Å². The summed E-state index contributed by atoms with van der Waals surface area (Å²) < 4.78 is 5.06. The van der Waals surface area contributed by atoms with Gasteiger partial charge in [0.15, 0.2) is 0 Å². The van der Waals surface area contributed by atoms with Crippen LogP contribution < -0.4 is 5.32 Å². The summed E-state index contributed by atoms with van der Waals surface area (Å²) in [4.78, 5) is 21.9. The largest absolute Gasteiger partial charge is 0.339 e. The number of aromatic nitrogens is 3. The predicted octanol–water partition coefficient (Wildman–Crippen LogP) is 3.68. The van der Waals surface area contributed by atoms with Crippen molar-refractivity contribution >= 4 is 23.1 Å². The van der Waals surface area contributed by atoms with E-state index in [0.717, 1.165) is 16.8 Å². The summed E-state index contributed by atoms with van der Waals surface area (Å²) in [5.41, 5.74) is 3.35. The molecule has 23 heavy (non-hydrogen) atoms. The fraction of sp³-hybridized carbons (Fsp3) is 0.250. The molecule has 0 spiro atoms. The SMILES string of the molecule is Cc1cc(C)c(-c2noc(C)n2)c(NC(=O)c2sccc2C)n1. The molecule has 1 N–H and O–H groups in total. The summed E-state index contributed by atoms with van der Waals surface area (Å²) in [6, 6.07) is 3.84.